The van der Waals surface area contributed by atoms with E-state index in [2.05, 4.69) is 0 Å². The molecule has 1 aliphatic heterocycles. The van der Waals surface area contributed by atoms with E-state index in [4.69, 9.17) is 10.5 Å². The van der Waals surface area contributed by atoms with Crippen molar-refractivity contribution < 1.29 is 4.74 Å². The zero-order valence-electron chi connectivity index (χ0n) is 7.01. The van der Waals surface area contributed by atoms with Gasteiger partial charge in [-0.15, -0.1) is 0 Å². The van der Waals surface area contributed by atoms with Crippen LogP contribution in [-0.2, 0) is 4.74 Å². The molecule has 2 fully saturated rings. The van der Waals surface area contributed by atoms with Crippen molar-refractivity contribution in [2.75, 3.05) is 13.2 Å². The molecule has 1 spiro atoms. The zero-order chi connectivity index (χ0) is 7.73. The lowest BCUT2D eigenvalue weighted by molar-refractivity contribution is 0.0670. The predicted molar refractivity (Wildman–Crippen MR) is 44.3 cm³/mol. The molecule has 0 radical (unpaired) electrons. The van der Waals surface area contributed by atoms with Gasteiger partial charge in [0.05, 0.1) is 12.7 Å². The SMILES string of the molecule is NCCC1CC2(CCC2)CO1. The first kappa shape index (κ1) is 7.56. The molecule has 2 aliphatic rings. The van der Waals surface area contributed by atoms with Gasteiger partial charge in [0.1, 0.15) is 0 Å². The van der Waals surface area contributed by atoms with Gasteiger partial charge in [-0.3, -0.25) is 0 Å². The first-order valence-corrected chi connectivity index (χ1v) is 4.66. The monoisotopic (exact) mass is 155 g/mol. The average molecular weight is 155 g/mol. The van der Waals surface area contributed by atoms with E-state index in [-0.39, 0.29) is 0 Å². The Morgan fingerprint density at radius 1 is 1.45 bits per heavy atom. The Bertz CT molecular complexity index is 142. The summed E-state index contributed by atoms with van der Waals surface area (Å²) in [5.41, 5.74) is 6.09. The van der Waals surface area contributed by atoms with Crippen molar-refractivity contribution in [3.63, 3.8) is 0 Å². The van der Waals surface area contributed by atoms with Crippen molar-refractivity contribution in [3.8, 4) is 0 Å². The van der Waals surface area contributed by atoms with E-state index in [0.29, 0.717) is 11.5 Å². The molecule has 1 saturated carbocycles. The molecule has 0 aromatic heterocycles. The molecule has 1 heterocycles. The fourth-order valence-corrected chi connectivity index (χ4v) is 2.29. The van der Waals surface area contributed by atoms with Gasteiger partial charge in [-0.05, 0) is 37.6 Å². The van der Waals surface area contributed by atoms with Crippen LogP contribution >= 0.6 is 0 Å². The lowest BCUT2D eigenvalue weighted by Crippen LogP contribution is -2.29. The zero-order valence-corrected chi connectivity index (χ0v) is 7.01. The second kappa shape index (κ2) is 2.76. The van der Waals surface area contributed by atoms with Gasteiger partial charge in [-0.1, -0.05) is 6.42 Å². The summed E-state index contributed by atoms with van der Waals surface area (Å²) in [6.45, 7) is 1.79. The molecule has 1 saturated heterocycles. The summed E-state index contributed by atoms with van der Waals surface area (Å²) in [5, 5.41) is 0. The van der Waals surface area contributed by atoms with E-state index in [1.807, 2.05) is 0 Å². The van der Waals surface area contributed by atoms with Crippen LogP contribution in [0.1, 0.15) is 32.1 Å². The molecule has 1 unspecified atom stereocenters. The molecule has 64 valence electrons. The number of rotatable bonds is 2. The summed E-state index contributed by atoms with van der Waals surface area (Å²) >= 11 is 0. The van der Waals surface area contributed by atoms with Crippen molar-refractivity contribution in [2.24, 2.45) is 11.1 Å². The van der Waals surface area contributed by atoms with E-state index in [9.17, 15) is 0 Å². The first-order chi connectivity index (χ1) is 5.35. The van der Waals surface area contributed by atoms with E-state index in [0.717, 1.165) is 19.6 Å². The smallest absolute Gasteiger partial charge is 0.0593 e. The maximum absolute atomic E-state index is 5.67. The molecule has 1 aliphatic carbocycles. The molecular weight excluding hydrogens is 138 g/mol. The Morgan fingerprint density at radius 3 is 2.73 bits per heavy atom. The van der Waals surface area contributed by atoms with Crippen molar-refractivity contribution in [2.45, 2.75) is 38.2 Å². The van der Waals surface area contributed by atoms with Gasteiger partial charge < -0.3 is 10.5 Å². The maximum atomic E-state index is 5.67. The number of nitrogens with two attached hydrogens (primary N) is 1. The lowest BCUT2D eigenvalue weighted by atomic mass is 9.67. The molecule has 0 aromatic rings. The minimum Gasteiger partial charge on any atom is -0.378 e. The van der Waals surface area contributed by atoms with Crippen molar-refractivity contribution in [1.29, 1.82) is 0 Å². The minimum atomic E-state index is 0.486. The second-order valence-corrected chi connectivity index (χ2v) is 4.07. The average Bonchev–Trinajstić information content (AvgIpc) is 2.32. The van der Waals surface area contributed by atoms with Crippen LogP contribution in [0.15, 0.2) is 0 Å². The van der Waals surface area contributed by atoms with E-state index < -0.39 is 0 Å². The van der Waals surface area contributed by atoms with Crippen molar-refractivity contribution in [1.82, 2.24) is 0 Å². The Morgan fingerprint density at radius 2 is 2.27 bits per heavy atom. The molecule has 2 rings (SSSR count). The highest BCUT2D eigenvalue weighted by atomic mass is 16.5. The molecular formula is C9H17NO. The van der Waals surface area contributed by atoms with Crippen LogP contribution in [0, 0.1) is 5.41 Å². The van der Waals surface area contributed by atoms with Crippen molar-refractivity contribution >= 4 is 0 Å². The van der Waals surface area contributed by atoms with Gasteiger partial charge in [0.25, 0.3) is 0 Å². The third-order valence-corrected chi connectivity index (χ3v) is 3.19. The molecule has 1 atom stereocenters. The number of hydrogen-bond donors (Lipinski definition) is 1. The van der Waals surface area contributed by atoms with Gasteiger partial charge >= 0.3 is 0 Å². The summed E-state index contributed by atoms with van der Waals surface area (Å²) in [6.07, 6.45) is 7.03. The van der Waals surface area contributed by atoms with Crippen LogP contribution in [0.2, 0.25) is 0 Å². The number of hydrogen-bond acceptors (Lipinski definition) is 2. The van der Waals surface area contributed by atoms with E-state index in [1.54, 1.807) is 0 Å². The van der Waals surface area contributed by atoms with E-state index >= 15 is 0 Å². The Labute approximate surface area is 68.1 Å². The predicted octanol–water partition coefficient (Wildman–Crippen LogP) is 1.29. The van der Waals surface area contributed by atoms with Crippen LogP contribution in [0.3, 0.4) is 0 Å². The molecule has 0 amide bonds. The second-order valence-electron chi connectivity index (χ2n) is 4.07. The highest BCUT2D eigenvalue weighted by molar-refractivity contribution is 4.93. The van der Waals surface area contributed by atoms with Gasteiger partial charge in [0.15, 0.2) is 0 Å². The van der Waals surface area contributed by atoms with E-state index in [1.165, 1.54) is 25.7 Å². The van der Waals surface area contributed by atoms with Crippen LogP contribution in [0.25, 0.3) is 0 Å². The third-order valence-electron chi connectivity index (χ3n) is 3.19. The maximum Gasteiger partial charge on any atom is 0.0593 e. The van der Waals surface area contributed by atoms with Gasteiger partial charge in [0, 0.05) is 0 Å². The molecule has 0 aromatic carbocycles. The van der Waals surface area contributed by atoms with Gasteiger partial charge in [-0.25, -0.2) is 0 Å². The minimum absolute atomic E-state index is 0.486. The first-order valence-electron chi connectivity index (χ1n) is 4.66. The summed E-state index contributed by atoms with van der Waals surface area (Å²) in [5.74, 6) is 0. The Kier molecular flexibility index (Phi) is 1.90. The standard InChI is InChI=1S/C9H17NO/c10-5-2-8-6-9(7-11-8)3-1-4-9/h8H,1-7,10H2. The summed E-state index contributed by atoms with van der Waals surface area (Å²) in [6, 6.07) is 0. The molecule has 11 heavy (non-hydrogen) atoms. The fraction of sp³-hybridized carbons (Fsp3) is 1.00. The fourth-order valence-electron chi connectivity index (χ4n) is 2.29. The highest BCUT2D eigenvalue weighted by Gasteiger charge is 2.43. The Balaban J connectivity index is 1.83. The quantitative estimate of drug-likeness (QED) is 0.652. The molecule has 2 nitrogen and oxygen atoms in total. The van der Waals surface area contributed by atoms with Gasteiger partial charge in [-0.2, -0.15) is 0 Å². The van der Waals surface area contributed by atoms with Crippen LogP contribution in [0.4, 0.5) is 0 Å². The lowest BCUT2D eigenvalue weighted by Gasteiger charge is -2.36. The van der Waals surface area contributed by atoms with Crippen LogP contribution in [-0.4, -0.2) is 19.3 Å². The van der Waals surface area contributed by atoms with Crippen LogP contribution in [0.5, 0.6) is 0 Å². The Hall–Kier alpha value is -0.0800. The highest BCUT2D eigenvalue weighted by Crippen LogP contribution is 2.49. The summed E-state index contributed by atoms with van der Waals surface area (Å²) in [7, 11) is 0. The summed E-state index contributed by atoms with van der Waals surface area (Å²) < 4.78 is 5.67. The normalized spacial score (nSPS) is 34.1. The molecule has 2 heteroatoms. The van der Waals surface area contributed by atoms with Crippen LogP contribution < -0.4 is 5.73 Å². The van der Waals surface area contributed by atoms with Crippen molar-refractivity contribution in [3.05, 3.63) is 0 Å². The summed E-state index contributed by atoms with van der Waals surface area (Å²) in [4.78, 5) is 0. The topological polar surface area (TPSA) is 35.2 Å². The molecule has 0 bridgehead atoms. The third kappa shape index (κ3) is 1.30. The number of ether oxygens (including phenoxy) is 1. The largest absolute Gasteiger partial charge is 0.378 e. The van der Waals surface area contributed by atoms with Gasteiger partial charge in [0.2, 0.25) is 0 Å². The molecule has 2 N–H and O–H groups in total.